The van der Waals surface area contributed by atoms with Crippen LogP contribution in [0.4, 0.5) is 5.69 Å². The molecule has 0 aliphatic heterocycles. The molecular formula is C22H24N4O3S. The average Bonchev–Trinajstić information content (AvgIpc) is 3.11. The zero-order valence-corrected chi connectivity index (χ0v) is 17.8. The molecule has 8 heteroatoms. The number of benzene rings is 2. The number of rotatable bonds is 10. The fourth-order valence-corrected chi connectivity index (χ4v) is 3.46. The average molecular weight is 425 g/mol. The van der Waals surface area contributed by atoms with Crippen LogP contribution < -0.4 is 10.1 Å². The van der Waals surface area contributed by atoms with Gasteiger partial charge >= 0.3 is 0 Å². The lowest BCUT2D eigenvalue weighted by Gasteiger charge is -2.07. The van der Waals surface area contributed by atoms with Gasteiger partial charge in [-0.3, -0.25) is 9.59 Å². The number of ketones is 1. The molecule has 1 heterocycles. The summed E-state index contributed by atoms with van der Waals surface area (Å²) in [6.45, 7) is 2.39. The van der Waals surface area contributed by atoms with Gasteiger partial charge in [-0.25, -0.2) is 0 Å². The minimum Gasteiger partial charge on any atom is -0.486 e. The van der Waals surface area contributed by atoms with E-state index in [4.69, 9.17) is 4.74 Å². The lowest BCUT2D eigenvalue weighted by Crippen LogP contribution is -2.17. The molecule has 0 fully saturated rings. The number of thioether (sulfide) groups is 1. The molecule has 3 aromatic rings. The number of carbonyl (C=O) groups is 2. The topological polar surface area (TPSA) is 86.1 Å². The Bertz CT molecular complexity index is 987. The highest BCUT2D eigenvalue weighted by Gasteiger charge is 2.14. The molecule has 1 N–H and O–H groups in total. The van der Waals surface area contributed by atoms with Crippen LogP contribution in [0.2, 0.25) is 0 Å². The summed E-state index contributed by atoms with van der Waals surface area (Å²) < 4.78 is 7.56. The van der Waals surface area contributed by atoms with Crippen LogP contribution in [0.3, 0.4) is 0 Å². The molecule has 7 nitrogen and oxygen atoms in total. The number of hydrogen-bond donors (Lipinski definition) is 1. The van der Waals surface area contributed by atoms with E-state index in [-0.39, 0.29) is 30.5 Å². The number of hydrogen-bond acceptors (Lipinski definition) is 6. The van der Waals surface area contributed by atoms with Gasteiger partial charge < -0.3 is 14.6 Å². The van der Waals surface area contributed by atoms with Crippen molar-refractivity contribution in [3.63, 3.8) is 0 Å². The fourth-order valence-electron chi connectivity index (χ4n) is 2.67. The molecule has 3 rings (SSSR count). The molecule has 0 saturated carbocycles. The van der Waals surface area contributed by atoms with E-state index in [9.17, 15) is 9.59 Å². The number of carbonyl (C=O) groups excluding carboxylic acids is 2. The van der Waals surface area contributed by atoms with Gasteiger partial charge in [-0.1, -0.05) is 49.0 Å². The number of amides is 1. The highest BCUT2D eigenvalue weighted by molar-refractivity contribution is 7.99. The van der Waals surface area contributed by atoms with Gasteiger partial charge in [0.1, 0.15) is 12.4 Å². The van der Waals surface area contributed by atoms with Gasteiger partial charge in [-0.05, 0) is 36.2 Å². The first-order valence-electron chi connectivity index (χ1n) is 9.64. The van der Waals surface area contributed by atoms with E-state index in [2.05, 4.69) is 22.4 Å². The number of aromatic nitrogens is 3. The summed E-state index contributed by atoms with van der Waals surface area (Å²) in [5.41, 5.74) is 1.92. The lowest BCUT2D eigenvalue weighted by molar-refractivity contribution is -0.123. The SMILES string of the molecule is CCc1ccc(OCc2nnc(SCC(=O)CC(=O)Nc3ccccc3)n2C)cc1. The summed E-state index contributed by atoms with van der Waals surface area (Å²) in [6.07, 6.45) is 0.806. The first kappa shape index (κ1) is 21.6. The van der Waals surface area contributed by atoms with Crippen LogP contribution in [0, 0.1) is 0 Å². The number of Topliss-reactive ketones (excluding diaryl/α,β-unsaturated/α-hetero) is 1. The second kappa shape index (κ2) is 10.6. The summed E-state index contributed by atoms with van der Waals surface area (Å²) in [7, 11) is 1.83. The summed E-state index contributed by atoms with van der Waals surface area (Å²) >= 11 is 1.26. The minimum atomic E-state index is -0.326. The molecule has 0 unspecified atom stereocenters. The predicted molar refractivity (Wildman–Crippen MR) is 117 cm³/mol. The van der Waals surface area contributed by atoms with Gasteiger partial charge in [0.2, 0.25) is 5.91 Å². The van der Waals surface area contributed by atoms with Crippen LogP contribution in [0.25, 0.3) is 0 Å². The number of aryl methyl sites for hydroxylation is 1. The lowest BCUT2D eigenvalue weighted by atomic mass is 10.2. The molecule has 0 bridgehead atoms. The zero-order chi connectivity index (χ0) is 21.3. The van der Waals surface area contributed by atoms with E-state index >= 15 is 0 Å². The van der Waals surface area contributed by atoms with Gasteiger partial charge in [-0.15, -0.1) is 10.2 Å². The van der Waals surface area contributed by atoms with Crippen molar-refractivity contribution in [3.8, 4) is 5.75 Å². The van der Waals surface area contributed by atoms with Crippen molar-refractivity contribution >= 4 is 29.1 Å². The van der Waals surface area contributed by atoms with Crippen LogP contribution in [-0.4, -0.2) is 32.2 Å². The van der Waals surface area contributed by atoms with Crippen molar-refractivity contribution in [1.82, 2.24) is 14.8 Å². The maximum atomic E-state index is 12.1. The van der Waals surface area contributed by atoms with Crippen LogP contribution in [0.1, 0.15) is 24.7 Å². The number of nitrogens with one attached hydrogen (secondary N) is 1. The monoisotopic (exact) mass is 424 g/mol. The van der Waals surface area contributed by atoms with Crippen molar-refractivity contribution in [3.05, 3.63) is 66.0 Å². The molecule has 2 aromatic carbocycles. The second-order valence-electron chi connectivity index (χ2n) is 6.66. The third kappa shape index (κ3) is 6.18. The largest absolute Gasteiger partial charge is 0.486 e. The Balaban J connectivity index is 1.45. The fraction of sp³-hybridized carbons (Fsp3) is 0.273. The summed E-state index contributed by atoms with van der Waals surface area (Å²) in [5, 5.41) is 11.6. The van der Waals surface area contributed by atoms with E-state index < -0.39 is 0 Å². The Labute approximate surface area is 179 Å². The Morgan fingerprint density at radius 1 is 1.07 bits per heavy atom. The van der Waals surface area contributed by atoms with Gasteiger partial charge in [0.05, 0.1) is 12.2 Å². The van der Waals surface area contributed by atoms with Gasteiger partial charge in [0.15, 0.2) is 16.8 Å². The van der Waals surface area contributed by atoms with E-state index in [0.29, 0.717) is 16.7 Å². The van der Waals surface area contributed by atoms with Gasteiger partial charge in [0.25, 0.3) is 0 Å². The number of para-hydroxylation sites is 1. The molecule has 0 saturated heterocycles. The summed E-state index contributed by atoms with van der Waals surface area (Å²) in [6, 6.07) is 17.0. The van der Waals surface area contributed by atoms with E-state index in [1.165, 1.54) is 17.3 Å². The molecule has 0 atom stereocenters. The molecule has 1 amide bonds. The molecular weight excluding hydrogens is 400 g/mol. The van der Waals surface area contributed by atoms with Crippen molar-refractivity contribution in [2.75, 3.05) is 11.1 Å². The normalized spacial score (nSPS) is 10.6. The second-order valence-corrected chi connectivity index (χ2v) is 7.60. The van der Waals surface area contributed by atoms with Gasteiger partial charge in [-0.2, -0.15) is 0 Å². The smallest absolute Gasteiger partial charge is 0.231 e. The van der Waals surface area contributed by atoms with E-state index in [0.717, 1.165) is 12.2 Å². The van der Waals surface area contributed by atoms with Crippen LogP contribution in [-0.2, 0) is 29.7 Å². The molecule has 156 valence electrons. The molecule has 0 aliphatic carbocycles. The van der Waals surface area contributed by atoms with Crippen LogP contribution >= 0.6 is 11.8 Å². The standard InChI is InChI=1S/C22H24N4O3S/c1-3-16-9-11-19(12-10-16)29-14-20-24-25-22(26(20)2)30-15-18(27)13-21(28)23-17-7-5-4-6-8-17/h4-12H,3,13-15H2,1-2H3,(H,23,28). The highest BCUT2D eigenvalue weighted by atomic mass is 32.2. The van der Waals surface area contributed by atoms with Crippen LogP contribution in [0.15, 0.2) is 59.8 Å². The number of nitrogens with zero attached hydrogens (tertiary/aromatic N) is 3. The van der Waals surface area contributed by atoms with Crippen molar-refractivity contribution < 1.29 is 14.3 Å². The highest BCUT2D eigenvalue weighted by Crippen LogP contribution is 2.18. The third-order valence-corrected chi connectivity index (χ3v) is 5.48. The molecule has 1 aromatic heterocycles. The zero-order valence-electron chi connectivity index (χ0n) is 17.0. The Hall–Kier alpha value is -3.13. The minimum absolute atomic E-state index is 0.146. The maximum Gasteiger partial charge on any atom is 0.231 e. The molecule has 30 heavy (non-hydrogen) atoms. The van der Waals surface area contributed by atoms with Crippen molar-refractivity contribution in [1.29, 1.82) is 0 Å². The quantitative estimate of drug-likeness (QED) is 0.395. The van der Waals surface area contributed by atoms with Crippen molar-refractivity contribution in [2.45, 2.75) is 31.5 Å². The molecule has 0 spiro atoms. The van der Waals surface area contributed by atoms with E-state index in [1.54, 1.807) is 16.7 Å². The van der Waals surface area contributed by atoms with Crippen LogP contribution in [0.5, 0.6) is 5.75 Å². The molecule has 0 aliphatic rings. The first-order chi connectivity index (χ1) is 14.5. The van der Waals surface area contributed by atoms with Gasteiger partial charge in [0, 0.05) is 12.7 Å². The Morgan fingerprint density at radius 3 is 2.50 bits per heavy atom. The number of anilines is 1. The Kier molecular flexibility index (Phi) is 7.62. The maximum absolute atomic E-state index is 12.1. The first-order valence-corrected chi connectivity index (χ1v) is 10.6. The third-order valence-electron chi connectivity index (χ3n) is 4.40. The van der Waals surface area contributed by atoms with E-state index in [1.807, 2.05) is 49.5 Å². The summed E-state index contributed by atoms with van der Waals surface area (Å²) in [4.78, 5) is 24.1. The predicted octanol–water partition coefficient (Wildman–Crippen LogP) is 3.65. The van der Waals surface area contributed by atoms with Crippen molar-refractivity contribution in [2.24, 2.45) is 7.05 Å². The summed E-state index contributed by atoms with van der Waals surface area (Å²) in [5.74, 6) is 1.07. The number of ether oxygens (including phenoxy) is 1. The molecule has 0 radical (unpaired) electrons. The Morgan fingerprint density at radius 2 is 1.80 bits per heavy atom.